The number of benzene rings is 2. The minimum atomic E-state index is -0.497. The topological polar surface area (TPSA) is 65.4 Å². The molecule has 0 radical (unpaired) electrons. The summed E-state index contributed by atoms with van der Waals surface area (Å²) in [7, 11) is 1.74. The standard InChI is InChI=1S/C18H14FN3O3/c1-22-15(11-6-7-16-17(8-11)25-10-24-16)9-14(21-22)18(23)20-13-5-3-2-4-12(13)19/h2-9H,10H2,1H3,(H,20,23). The zero-order chi connectivity index (χ0) is 17.4. The molecule has 0 saturated carbocycles. The van der Waals surface area contributed by atoms with Crippen molar-refractivity contribution in [3.8, 4) is 22.8 Å². The van der Waals surface area contributed by atoms with Gasteiger partial charge < -0.3 is 14.8 Å². The predicted molar refractivity (Wildman–Crippen MR) is 89.1 cm³/mol. The van der Waals surface area contributed by atoms with Crippen molar-refractivity contribution in [3.05, 3.63) is 60.0 Å². The number of hydrogen-bond acceptors (Lipinski definition) is 4. The van der Waals surface area contributed by atoms with Crippen LogP contribution in [0.15, 0.2) is 48.5 Å². The van der Waals surface area contributed by atoms with Crippen LogP contribution in [0, 0.1) is 5.82 Å². The van der Waals surface area contributed by atoms with E-state index >= 15 is 0 Å². The van der Waals surface area contributed by atoms with Crippen molar-refractivity contribution >= 4 is 11.6 Å². The van der Waals surface area contributed by atoms with Crippen LogP contribution in [0.4, 0.5) is 10.1 Å². The van der Waals surface area contributed by atoms with Gasteiger partial charge in [0, 0.05) is 12.6 Å². The van der Waals surface area contributed by atoms with Crippen LogP contribution >= 0.6 is 0 Å². The van der Waals surface area contributed by atoms with Crippen molar-refractivity contribution in [2.45, 2.75) is 0 Å². The Morgan fingerprint density at radius 1 is 1.16 bits per heavy atom. The zero-order valence-electron chi connectivity index (χ0n) is 13.3. The van der Waals surface area contributed by atoms with Crippen LogP contribution in [0.3, 0.4) is 0 Å². The fraction of sp³-hybridized carbons (Fsp3) is 0.111. The number of anilines is 1. The lowest BCUT2D eigenvalue weighted by atomic mass is 10.1. The fourth-order valence-electron chi connectivity index (χ4n) is 2.65. The number of nitrogens with one attached hydrogen (secondary N) is 1. The quantitative estimate of drug-likeness (QED) is 0.796. The monoisotopic (exact) mass is 339 g/mol. The van der Waals surface area contributed by atoms with Gasteiger partial charge in [0.1, 0.15) is 5.82 Å². The molecule has 126 valence electrons. The number of rotatable bonds is 3. The van der Waals surface area contributed by atoms with Crippen LogP contribution in [0.5, 0.6) is 11.5 Å². The number of hydrogen-bond donors (Lipinski definition) is 1. The van der Waals surface area contributed by atoms with E-state index in [0.717, 1.165) is 11.3 Å². The number of fused-ring (bicyclic) bond motifs is 1. The molecule has 0 spiro atoms. The predicted octanol–water partition coefficient (Wildman–Crippen LogP) is 3.21. The number of aromatic nitrogens is 2. The van der Waals surface area contributed by atoms with Crippen LogP contribution in [0.2, 0.25) is 0 Å². The van der Waals surface area contributed by atoms with E-state index in [0.29, 0.717) is 11.5 Å². The van der Waals surface area contributed by atoms with Gasteiger partial charge in [-0.1, -0.05) is 12.1 Å². The van der Waals surface area contributed by atoms with Crippen LogP contribution in [-0.2, 0) is 7.05 Å². The molecule has 2 aromatic carbocycles. The molecule has 0 saturated heterocycles. The van der Waals surface area contributed by atoms with E-state index in [2.05, 4.69) is 10.4 Å². The molecule has 1 aliphatic rings. The first-order valence-corrected chi connectivity index (χ1v) is 7.62. The summed E-state index contributed by atoms with van der Waals surface area (Å²) in [5.41, 5.74) is 1.88. The van der Waals surface area contributed by atoms with Gasteiger partial charge in [-0.05, 0) is 36.4 Å². The van der Waals surface area contributed by atoms with Crippen molar-refractivity contribution in [2.75, 3.05) is 12.1 Å². The Hall–Kier alpha value is -3.35. The maximum Gasteiger partial charge on any atom is 0.276 e. The second-order valence-electron chi connectivity index (χ2n) is 5.54. The Kier molecular flexibility index (Phi) is 3.61. The third-order valence-corrected chi connectivity index (χ3v) is 3.90. The van der Waals surface area contributed by atoms with E-state index in [9.17, 15) is 9.18 Å². The van der Waals surface area contributed by atoms with Gasteiger partial charge in [0.2, 0.25) is 6.79 Å². The third kappa shape index (κ3) is 2.80. The summed E-state index contributed by atoms with van der Waals surface area (Å²) in [4.78, 5) is 12.4. The second-order valence-corrected chi connectivity index (χ2v) is 5.54. The molecule has 0 bridgehead atoms. The van der Waals surface area contributed by atoms with Crippen molar-refractivity contribution in [1.29, 1.82) is 0 Å². The smallest absolute Gasteiger partial charge is 0.276 e. The van der Waals surface area contributed by atoms with E-state index in [-0.39, 0.29) is 18.2 Å². The molecule has 3 aromatic rings. The van der Waals surface area contributed by atoms with E-state index in [4.69, 9.17) is 9.47 Å². The summed E-state index contributed by atoms with van der Waals surface area (Å²) in [5, 5.41) is 6.74. The summed E-state index contributed by atoms with van der Waals surface area (Å²) >= 11 is 0. The maximum atomic E-state index is 13.7. The number of amides is 1. The van der Waals surface area contributed by atoms with Gasteiger partial charge in [0.05, 0.1) is 11.4 Å². The summed E-state index contributed by atoms with van der Waals surface area (Å²) in [6.07, 6.45) is 0. The molecule has 1 aliphatic heterocycles. The molecule has 0 atom stereocenters. The van der Waals surface area contributed by atoms with E-state index in [1.807, 2.05) is 18.2 Å². The average molecular weight is 339 g/mol. The summed E-state index contributed by atoms with van der Waals surface area (Å²) in [6, 6.07) is 13.1. The minimum Gasteiger partial charge on any atom is -0.454 e. The van der Waals surface area contributed by atoms with Gasteiger partial charge >= 0.3 is 0 Å². The molecular weight excluding hydrogens is 325 g/mol. The van der Waals surface area contributed by atoms with Gasteiger partial charge in [0.25, 0.3) is 5.91 Å². The maximum absolute atomic E-state index is 13.7. The highest BCUT2D eigenvalue weighted by Gasteiger charge is 2.18. The largest absolute Gasteiger partial charge is 0.454 e. The summed E-state index contributed by atoms with van der Waals surface area (Å²) in [5.74, 6) is 0.356. The Balaban J connectivity index is 1.62. The average Bonchev–Trinajstić information content (AvgIpc) is 3.22. The second kappa shape index (κ2) is 5.94. The third-order valence-electron chi connectivity index (χ3n) is 3.90. The molecule has 0 aliphatic carbocycles. The number of para-hydroxylation sites is 1. The summed E-state index contributed by atoms with van der Waals surface area (Å²) in [6.45, 7) is 0.195. The van der Waals surface area contributed by atoms with Crippen LogP contribution < -0.4 is 14.8 Å². The molecule has 1 amide bonds. The molecule has 0 unspecified atom stereocenters. The zero-order valence-corrected chi connectivity index (χ0v) is 13.3. The highest BCUT2D eigenvalue weighted by Crippen LogP contribution is 2.35. The van der Waals surface area contributed by atoms with Gasteiger partial charge in [-0.3, -0.25) is 9.48 Å². The minimum absolute atomic E-state index is 0.114. The van der Waals surface area contributed by atoms with Crippen LogP contribution in [-0.4, -0.2) is 22.5 Å². The molecular formula is C18H14FN3O3. The Morgan fingerprint density at radius 3 is 2.80 bits per heavy atom. The molecule has 2 heterocycles. The first kappa shape index (κ1) is 15.2. The molecule has 6 nitrogen and oxygen atoms in total. The van der Waals surface area contributed by atoms with E-state index < -0.39 is 11.7 Å². The lowest BCUT2D eigenvalue weighted by molar-refractivity contribution is 0.102. The molecule has 4 rings (SSSR count). The van der Waals surface area contributed by atoms with Crippen LogP contribution in [0.25, 0.3) is 11.3 Å². The van der Waals surface area contributed by atoms with Crippen LogP contribution in [0.1, 0.15) is 10.5 Å². The van der Waals surface area contributed by atoms with Gasteiger partial charge in [-0.25, -0.2) is 4.39 Å². The fourth-order valence-corrected chi connectivity index (χ4v) is 2.65. The number of carbonyl (C=O) groups is 1. The number of carbonyl (C=O) groups excluding carboxylic acids is 1. The van der Waals surface area contributed by atoms with Gasteiger partial charge in [-0.2, -0.15) is 5.10 Å². The highest BCUT2D eigenvalue weighted by molar-refractivity contribution is 6.03. The van der Waals surface area contributed by atoms with Gasteiger partial charge in [-0.15, -0.1) is 0 Å². The Bertz CT molecular complexity index is 968. The van der Waals surface area contributed by atoms with E-state index in [1.54, 1.807) is 29.9 Å². The lowest BCUT2D eigenvalue weighted by Crippen LogP contribution is -2.13. The highest BCUT2D eigenvalue weighted by atomic mass is 19.1. The normalized spacial score (nSPS) is 12.2. The lowest BCUT2D eigenvalue weighted by Gasteiger charge is -2.03. The van der Waals surface area contributed by atoms with E-state index in [1.165, 1.54) is 12.1 Å². The van der Waals surface area contributed by atoms with Crippen molar-refractivity contribution in [3.63, 3.8) is 0 Å². The number of aryl methyl sites for hydroxylation is 1. The molecule has 1 N–H and O–H groups in total. The molecule has 7 heteroatoms. The molecule has 0 fully saturated rings. The Morgan fingerprint density at radius 2 is 1.96 bits per heavy atom. The van der Waals surface area contributed by atoms with Crippen molar-refractivity contribution in [1.82, 2.24) is 9.78 Å². The Labute approximate surface area is 142 Å². The number of nitrogens with zero attached hydrogens (tertiary/aromatic N) is 2. The number of ether oxygens (including phenoxy) is 2. The van der Waals surface area contributed by atoms with Crippen molar-refractivity contribution in [2.24, 2.45) is 7.05 Å². The summed E-state index contributed by atoms with van der Waals surface area (Å²) < 4.78 is 25.9. The van der Waals surface area contributed by atoms with Crippen molar-refractivity contribution < 1.29 is 18.7 Å². The van der Waals surface area contributed by atoms with Gasteiger partial charge in [0.15, 0.2) is 17.2 Å². The molecule has 1 aromatic heterocycles. The first-order valence-electron chi connectivity index (χ1n) is 7.62. The SMILES string of the molecule is Cn1nc(C(=O)Nc2ccccc2F)cc1-c1ccc2c(c1)OCO2. The molecule has 25 heavy (non-hydrogen) atoms. The first-order chi connectivity index (χ1) is 12.1. The number of halogens is 1.